The van der Waals surface area contributed by atoms with Gasteiger partial charge in [0, 0.05) is 26.2 Å². The van der Waals surface area contributed by atoms with Gasteiger partial charge in [-0.3, -0.25) is 4.79 Å². The summed E-state index contributed by atoms with van der Waals surface area (Å²) in [5.41, 5.74) is 1.77. The number of aromatic nitrogens is 3. The van der Waals surface area contributed by atoms with E-state index in [0.29, 0.717) is 11.7 Å². The fourth-order valence-corrected chi connectivity index (χ4v) is 3.05. The number of hydrogen-bond acceptors (Lipinski definition) is 6. The second-order valence-corrected chi connectivity index (χ2v) is 6.16. The first-order valence-corrected chi connectivity index (χ1v) is 8.44. The molecule has 0 bridgehead atoms. The summed E-state index contributed by atoms with van der Waals surface area (Å²) in [7, 11) is 1.82. The standard InChI is InChI=1S/C17H23N5O2/c1-3-13-10-15(24-21-13)17(23)22-8-4-5-12(11-22)9-14-6-7-16(18-2)20-19-14/h6-7,10,12H,3-5,8-9,11H2,1-2H3,(H,18,20)/t12-/m1/s1. The Balaban J connectivity index is 1.61. The van der Waals surface area contributed by atoms with E-state index in [4.69, 9.17) is 4.52 Å². The third-order valence-corrected chi connectivity index (χ3v) is 4.41. The lowest BCUT2D eigenvalue weighted by Gasteiger charge is -2.31. The van der Waals surface area contributed by atoms with Crippen molar-refractivity contribution in [3.05, 3.63) is 35.3 Å². The van der Waals surface area contributed by atoms with E-state index in [-0.39, 0.29) is 5.91 Å². The van der Waals surface area contributed by atoms with Crippen molar-refractivity contribution in [3.8, 4) is 0 Å². The van der Waals surface area contributed by atoms with Crippen LogP contribution in [-0.4, -0.2) is 46.3 Å². The number of anilines is 1. The topological polar surface area (TPSA) is 84.2 Å². The van der Waals surface area contributed by atoms with Crippen molar-refractivity contribution in [2.45, 2.75) is 32.6 Å². The molecular formula is C17H23N5O2. The molecule has 0 radical (unpaired) electrons. The quantitative estimate of drug-likeness (QED) is 0.905. The molecule has 1 atom stereocenters. The van der Waals surface area contributed by atoms with Crippen molar-refractivity contribution in [2.24, 2.45) is 5.92 Å². The average Bonchev–Trinajstić information content (AvgIpc) is 3.11. The molecular weight excluding hydrogens is 306 g/mol. The molecule has 3 heterocycles. The van der Waals surface area contributed by atoms with Crippen molar-refractivity contribution in [1.29, 1.82) is 0 Å². The fraction of sp³-hybridized carbons (Fsp3) is 0.529. The summed E-state index contributed by atoms with van der Waals surface area (Å²) >= 11 is 0. The third-order valence-electron chi connectivity index (χ3n) is 4.41. The van der Waals surface area contributed by atoms with Crippen LogP contribution in [0.3, 0.4) is 0 Å². The van der Waals surface area contributed by atoms with Crippen molar-refractivity contribution >= 4 is 11.7 Å². The van der Waals surface area contributed by atoms with Crippen LogP contribution in [0.25, 0.3) is 0 Å². The Morgan fingerprint density at radius 1 is 1.38 bits per heavy atom. The molecule has 1 aliphatic heterocycles. The molecule has 0 aromatic carbocycles. The summed E-state index contributed by atoms with van der Waals surface area (Å²) in [6.07, 6.45) is 3.68. The number of hydrogen-bond donors (Lipinski definition) is 1. The highest BCUT2D eigenvalue weighted by molar-refractivity contribution is 5.91. The number of piperidine rings is 1. The Hall–Kier alpha value is -2.44. The molecule has 7 nitrogen and oxygen atoms in total. The molecule has 7 heteroatoms. The second-order valence-electron chi connectivity index (χ2n) is 6.16. The number of amides is 1. The van der Waals surface area contributed by atoms with Crippen LogP contribution < -0.4 is 5.32 Å². The fourth-order valence-electron chi connectivity index (χ4n) is 3.05. The Kier molecular flexibility index (Phi) is 5.08. The molecule has 1 N–H and O–H groups in total. The maximum atomic E-state index is 12.6. The summed E-state index contributed by atoms with van der Waals surface area (Å²) in [5.74, 6) is 1.43. The molecule has 1 aliphatic rings. The van der Waals surface area contributed by atoms with Gasteiger partial charge in [-0.15, -0.1) is 5.10 Å². The summed E-state index contributed by atoms with van der Waals surface area (Å²) < 4.78 is 5.18. The Labute approximate surface area is 141 Å². The molecule has 1 fully saturated rings. The second kappa shape index (κ2) is 7.42. The molecule has 2 aromatic heterocycles. The van der Waals surface area contributed by atoms with Crippen LogP contribution in [0.2, 0.25) is 0 Å². The highest BCUT2D eigenvalue weighted by Crippen LogP contribution is 2.22. The van der Waals surface area contributed by atoms with E-state index in [1.165, 1.54) is 0 Å². The summed E-state index contributed by atoms with van der Waals surface area (Å²) in [6.45, 7) is 3.47. The van der Waals surface area contributed by atoms with E-state index in [9.17, 15) is 4.79 Å². The zero-order valence-corrected chi connectivity index (χ0v) is 14.2. The Morgan fingerprint density at radius 3 is 2.92 bits per heavy atom. The van der Waals surface area contributed by atoms with Crippen LogP contribution in [0.15, 0.2) is 22.7 Å². The normalized spacial score (nSPS) is 17.8. The van der Waals surface area contributed by atoms with Gasteiger partial charge in [0.2, 0.25) is 5.76 Å². The van der Waals surface area contributed by atoms with Gasteiger partial charge in [0.15, 0.2) is 0 Å². The van der Waals surface area contributed by atoms with Gasteiger partial charge in [0.05, 0.1) is 11.4 Å². The number of nitrogens with zero attached hydrogens (tertiary/aromatic N) is 4. The number of likely N-dealkylation sites (tertiary alicyclic amines) is 1. The van der Waals surface area contributed by atoms with Crippen LogP contribution >= 0.6 is 0 Å². The predicted octanol–water partition coefficient (Wildman–Crippen LogP) is 2.16. The number of rotatable bonds is 5. The molecule has 0 unspecified atom stereocenters. The smallest absolute Gasteiger partial charge is 0.292 e. The minimum absolute atomic E-state index is 0.0662. The highest BCUT2D eigenvalue weighted by Gasteiger charge is 2.27. The van der Waals surface area contributed by atoms with Gasteiger partial charge in [0.1, 0.15) is 5.82 Å². The molecule has 128 valence electrons. The summed E-state index contributed by atoms with van der Waals surface area (Å²) in [4.78, 5) is 14.4. The molecule has 3 rings (SSSR count). The van der Waals surface area contributed by atoms with Crippen LogP contribution in [0.1, 0.15) is 41.7 Å². The van der Waals surface area contributed by atoms with Gasteiger partial charge in [-0.2, -0.15) is 5.10 Å². The van der Waals surface area contributed by atoms with E-state index in [2.05, 4.69) is 20.7 Å². The van der Waals surface area contributed by atoms with Gasteiger partial charge >= 0.3 is 0 Å². The zero-order chi connectivity index (χ0) is 16.9. The SMILES string of the molecule is CCc1cc(C(=O)N2CCC[C@H](Cc3ccc(NC)nn3)C2)on1. The minimum atomic E-state index is -0.0662. The van der Waals surface area contributed by atoms with E-state index in [1.54, 1.807) is 6.07 Å². The van der Waals surface area contributed by atoms with Crippen molar-refractivity contribution in [2.75, 3.05) is 25.5 Å². The van der Waals surface area contributed by atoms with Crippen LogP contribution in [-0.2, 0) is 12.8 Å². The minimum Gasteiger partial charge on any atom is -0.372 e. The van der Waals surface area contributed by atoms with Gasteiger partial charge in [-0.25, -0.2) is 0 Å². The lowest BCUT2D eigenvalue weighted by Crippen LogP contribution is -2.40. The highest BCUT2D eigenvalue weighted by atomic mass is 16.5. The molecule has 24 heavy (non-hydrogen) atoms. The van der Waals surface area contributed by atoms with Gasteiger partial charge in [-0.05, 0) is 43.7 Å². The molecule has 1 saturated heterocycles. The zero-order valence-electron chi connectivity index (χ0n) is 14.2. The van der Waals surface area contributed by atoms with Crippen LogP contribution in [0.5, 0.6) is 0 Å². The Bertz CT molecular complexity index is 683. The lowest BCUT2D eigenvalue weighted by atomic mass is 9.93. The van der Waals surface area contributed by atoms with Crippen molar-refractivity contribution in [1.82, 2.24) is 20.3 Å². The molecule has 0 aliphatic carbocycles. The molecule has 0 saturated carbocycles. The first-order chi connectivity index (χ1) is 11.7. The average molecular weight is 329 g/mol. The first kappa shape index (κ1) is 16.4. The van der Waals surface area contributed by atoms with E-state index in [1.807, 2.05) is 31.0 Å². The Morgan fingerprint density at radius 2 is 2.25 bits per heavy atom. The van der Waals surface area contributed by atoms with Crippen LogP contribution in [0, 0.1) is 5.92 Å². The van der Waals surface area contributed by atoms with Crippen molar-refractivity contribution < 1.29 is 9.32 Å². The van der Waals surface area contributed by atoms with Crippen molar-refractivity contribution in [3.63, 3.8) is 0 Å². The van der Waals surface area contributed by atoms with E-state index in [0.717, 1.165) is 56.0 Å². The maximum Gasteiger partial charge on any atom is 0.292 e. The number of carbonyl (C=O) groups is 1. The summed E-state index contributed by atoms with van der Waals surface area (Å²) in [6, 6.07) is 5.66. The molecule has 0 spiro atoms. The monoisotopic (exact) mass is 329 g/mol. The molecule has 2 aromatic rings. The third kappa shape index (κ3) is 3.72. The first-order valence-electron chi connectivity index (χ1n) is 8.44. The largest absolute Gasteiger partial charge is 0.372 e. The summed E-state index contributed by atoms with van der Waals surface area (Å²) in [5, 5.41) is 15.2. The van der Waals surface area contributed by atoms with Gasteiger partial charge < -0.3 is 14.7 Å². The van der Waals surface area contributed by atoms with Gasteiger partial charge in [0.25, 0.3) is 5.91 Å². The van der Waals surface area contributed by atoms with Gasteiger partial charge in [-0.1, -0.05) is 12.1 Å². The lowest BCUT2D eigenvalue weighted by molar-refractivity contribution is 0.0631. The van der Waals surface area contributed by atoms with Crippen LogP contribution in [0.4, 0.5) is 5.82 Å². The number of aryl methyl sites for hydroxylation is 1. The maximum absolute atomic E-state index is 12.6. The number of carbonyl (C=O) groups excluding carboxylic acids is 1. The predicted molar refractivity (Wildman–Crippen MR) is 89.8 cm³/mol. The number of nitrogens with one attached hydrogen (secondary N) is 1. The molecule has 1 amide bonds. The van der Waals surface area contributed by atoms with E-state index >= 15 is 0 Å². The van der Waals surface area contributed by atoms with E-state index < -0.39 is 0 Å².